The summed E-state index contributed by atoms with van der Waals surface area (Å²) in [5.74, 6) is 1.88. The maximum absolute atomic E-state index is 12.4. The van der Waals surface area contributed by atoms with Crippen LogP contribution in [0.2, 0.25) is 0 Å². The second kappa shape index (κ2) is 6.38. The Kier molecular flexibility index (Phi) is 4.32. The zero-order valence-electron chi connectivity index (χ0n) is 12.9. The van der Waals surface area contributed by atoms with Gasteiger partial charge in [0.15, 0.2) is 0 Å². The van der Waals surface area contributed by atoms with Crippen LogP contribution in [0, 0.1) is 11.8 Å². The molecule has 0 spiro atoms. The molecule has 5 heteroatoms. The summed E-state index contributed by atoms with van der Waals surface area (Å²) in [4.78, 5) is 25.8. The zero-order valence-corrected chi connectivity index (χ0v) is 12.9. The van der Waals surface area contributed by atoms with Crippen LogP contribution in [0.15, 0.2) is 24.3 Å². The summed E-state index contributed by atoms with van der Waals surface area (Å²) >= 11 is 0. The third kappa shape index (κ3) is 3.08. The minimum Gasteiger partial charge on any atom is -0.496 e. The minimum atomic E-state index is 0.115. The van der Waals surface area contributed by atoms with E-state index >= 15 is 0 Å². The molecule has 22 heavy (non-hydrogen) atoms. The molecule has 118 valence electrons. The number of fused-ring (bicyclic) bond motifs is 1. The summed E-state index contributed by atoms with van der Waals surface area (Å²) < 4.78 is 5.32. The molecule has 1 aromatic carbocycles. The Labute approximate surface area is 130 Å². The molecule has 0 saturated carbocycles. The SMILES string of the molecule is COc1ccccc1CCC(=O)N1C[C@H]2CNC(=O)C[C@H]2C1. The van der Waals surface area contributed by atoms with E-state index in [0.29, 0.717) is 37.6 Å². The summed E-state index contributed by atoms with van der Waals surface area (Å²) in [6.45, 7) is 2.21. The molecule has 2 saturated heterocycles. The summed E-state index contributed by atoms with van der Waals surface area (Å²) in [5, 5.41) is 2.89. The van der Waals surface area contributed by atoms with Crippen molar-refractivity contribution >= 4 is 11.8 Å². The first kappa shape index (κ1) is 14.9. The van der Waals surface area contributed by atoms with Gasteiger partial charge in [0.1, 0.15) is 5.75 Å². The van der Waals surface area contributed by atoms with Crippen molar-refractivity contribution in [1.82, 2.24) is 10.2 Å². The van der Waals surface area contributed by atoms with Gasteiger partial charge in [-0.3, -0.25) is 9.59 Å². The lowest BCUT2D eigenvalue weighted by Gasteiger charge is -2.23. The standard InChI is InChI=1S/C17H22N2O3/c1-22-15-5-3-2-4-12(15)6-7-17(21)19-10-13-8-16(20)18-9-14(13)11-19/h2-5,13-14H,6-11H2,1H3,(H,18,20)/t13-,14+/m0/s1. The van der Waals surface area contributed by atoms with Crippen molar-refractivity contribution in [1.29, 1.82) is 0 Å². The fourth-order valence-electron chi connectivity index (χ4n) is 3.47. The lowest BCUT2D eigenvalue weighted by atomic mass is 9.89. The molecule has 2 aliphatic rings. The number of methoxy groups -OCH3 is 1. The summed E-state index contributed by atoms with van der Waals surface area (Å²) in [6, 6.07) is 7.81. The second-order valence-corrected chi connectivity index (χ2v) is 6.14. The highest BCUT2D eigenvalue weighted by molar-refractivity contribution is 5.79. The first-order valence-electron chi connectivity index (χ1n) is 7.83. The number of ether oxygens (including phenoxy) is 1. The van der Waals surface area contributed by atoms with Gasteiger partial charge in [-0.05, 0) is 29.9 Å². The van der Waals surface area contributed by atoms with Crippen LogP contribution in [0.1, 0.15) is 18.4 Å². The van der Waals surface area contributed by atoms with Gasteiger partial charge in [0.2, 0.25) is 11.8 Å². The number of likely N-dealkylation sites (tertiary alicyclic amines) is 1. The van der Waals surface area contributed by atoms with Gasteiger partial charge in [-0.2, -0.15) is 0 Å². The van der Waals surface area contributed by atoms with Crippen LogP contribution >= 0.6 is 0 Å². The molecule has 3 rings (SSSR count). The largest absolute Gasteiger partial charge is 0.496 e. The molecule has 2 amide bonds. The lowest BCUT2D eigenvalue weighted by molar-refractivity contribution is -0.130. The van der Waals surface area contributed by atoms with Gasteiger partial charge in [-0.15, -0.1) is 0 Å². The maximum Gasteiger partial charge on any atom is 0.222 e. The van der Waals surface area contributed by atoms with E-state index in [1.165, 1.54) is 0 Å². The monoisotopic (exact) mass is 302 g/mol. The molecule has 2 fully saturated rings. The van der Waals surface area contributed by atoms with Crippen LogP contribution in [0.4, 0.5) is 0 Å². The first-order chi connectivity index (χ1) is 10.7. The molecule has 1 aromatic rings. The van der Waals surface area contributed by atoms with E-state index in [2.05, 4.69) is 5.32 Å². The van der Waals surface area contributed by atoms with Crippen LogP contribution < -0.4 is 10.1 Å². The van der Waals surface area contributed by atoms with Crippen molar-refractivity contribution in [3.8, 4) is 5.75 Å². The average molecular weight is 302 g/mol. The summed E-state index contributed by atoms with van der Waals surface area (Å²) in [5.41, 5.74) is 1.06. The van der Waals surface area contributed by atoms with E-state index in [1.54, 1.807) is 7.11 Å². The number of nitrogens with zero attached hydrogens (tertiary/aromatic N) is 1. The number of piperidine rings is 1. The van der Waals surface area contributed by atoms with Crippen molar-refractivity contribution < 1.29 is 14.3 Å². The second-order valence-electron chi connectivity index (χ2n) is 6.14. The zero-order chi connectivity index (χ0) is 15.5. The number of aryl methyl sites for hydroxylation is 1. The van der Waals surface area contributed by atoms with Crippen LogP contribution in [-0.2, 0) is 16.0 Å². The van der Waals surface area contributed by atoms with Gasteiger partial charge in [0.25, 0.3) is 0 Å². The molecular formula is C17H22N2O3. The van der Waals surface area contributed by atoms with Crippen LogP contribution in [0.5, 0.6) is 5.75 Å². The number of hydrogen-bond acceptors (Lipinski definition) is 3. The highest BCUT2D eigenvalue weighted by Gasteiger charge is 2.38. The fourth-order valence-corrected chi connectivity index (χ4v) is 3.47. The predicted molar refractivity (Wildman–Crippen MR) is 82.5 cm³/mol. The molecule has 2 aliphatic heterocycles. The van der Waals surface area contributed by atoms with E-state index in [1.807, 2.05) is 29.2 Å². The topological polar surface area (TPSA) is 58.6 Å². The van der Waals surface area contributed by atoms with E-state index in [0.717, 1.165) is 24.4 Å². The van der Waals surface area contributed by atoms with Crippen molar-refractivity contribution in [3.05, 3.63) is 29.8 Å². The fraction of sp³-hybridized carbons (Fsp3) is 0.529. The van der Waals surface area contributed by atoms with Gasteiger partial charge in [-0.1, -0.05) is 18.2 Å². The Bertz CT molecular complexity index is 573. The highest BCUT2D eigenvalue weighted by atomic mass is 16.5. The molecule has 0 bridgehead atoms. The average Bonchev–Trinajstić information content (AvgIpc) is 2.96. The van der Waals surface area contributed by atoms with Gasteiger partial charge in [0.05, 0.1) is 7.11 Å². The molecule has 0 aliphatic carbocycles. The van der Waals surface area contributed by atoms with Gasteiger partial charge in [-0.25, -0.2) is 0 Å². The Balaban J connectivity index is 1.56. The lowest BCUT2D eigenvalue weighted by Crippen LogP contribution is -2.40. The van der Waals surface area contributed by atoms with Gasteiger partial charge < -0.3 is 15.0 Å². The highest BCUT2D eigenvalue weighted by Crippen LogP contribution is 2.29. The summed E-state index contributed by atoms with van der Waals surface area (Å²) in [7, 11) is 1.65. The van der Waals surface area contributed by atoms with E-state index in [-0.39, 0.29) is 11.8 Å². The molecule has 2 heterocycles. The summed E-state index contributed by atoms with van der Waals surface area (Å²) in [6.07, 6.45) is 1.73. The molecule has 0 aromatic heterocycles. The predicted octanol–water partition coefficient (Wildman–Crippen LogP) is 1.22. The molecule has 1 N–H and O–H groups in total. The Morgan fingerprint density at radius 2 is 2.09 bits per heavy atom. The Morgan fingerprint density at radius 1 is 1.32 bits per heavy atom. The number of carbonyl (C=O) groups excluding carboxylic acids is 2. The number of carbonyl (C=O) groups is 2. The minimum absolute atomic E-state index is 0.115. The van der Waals surface area contributed by atoms with E-state index in [4.69, 9.17) is 4.74 Å². The molecule has 2 atom stereocenters. The van der Waals surface area contributed by atoms with Crippen LogP contribution in [0.25, 0.3) is 0 Å². The Hall–Kier alpha value is -2.04. The van der Waals surface area contributed by atoms with Gasteiger partial charge in [0, 0.05) is 32.5 Å². The number of para-hydroxylation sites is 1. The third-order valence-electron chi connectivity index (χ3n) is 4.74. The number of nitrogens with one attached hydrogen (secondary N) is 1. The number of rotatable bonds is 4. The maximum atomic E-state index is 12.4. The van der Waals surface area contributed by atoms with E-state index in [9.17, 15) is 9.59 Å². The van der Waals surface area contributed by atoms with Crippen LogP contribution in [-0.4, -0.2) is 43.5 Å². The molecule has 0 unspecified atom stereocenters. The van der Waals surface area contributed by atoms with Crippen molar-refractivity contribution in [2.24, 2.45) is 11.8 Å². The van der Waals surface area contributed by atoms with Crippen molar-refractivity contribution in [2.45, 2.75) is 19.3 Å². The number of benzene rings is 1. The number of hydrogen-bond donors (Lipinski definition) is 1. The molecule has 5 nitrogen and oxygen atoms in total. The first-order valence-corrected chi connectivity index (χ1v) is 7.83. The third-order valence-corrected chi connectivity index (χ3v) is 4.74. The van der Waals surface area contributed by atoms with E-state index < -0.39 is 0 Å². The van der Waals surface area contributed by atoms with Crippen molar-refractivity contribution in [3.63, 3.8) is 0 Å². The van der Waals surface area contributed by atoms with Crippen molar-refractivity contribution in [2.75, 3.05) is 26.7 Å². The smallest absolute Gasteiger partial charge is 0.222 e. The Morgan fingerprint density at radius 3 is 2.91 bits per heavy atom. The molecule has 0 radical (unpaired) electrons. The quantitative estimate of drug-likeness (QED) is 0.910. The van der Waals surface area contributed by atoms with Gasteiger partial charge >= 0.3 is 0 Å². The van der Waals surface area contributed by atoms with Crippen LogP contribution in [0.3, 0.4) is 0 Å². The molecular weight excluding hydrogens is 280 g/mol. The number of amides is 2. The normalized spacial score (nSPS) is 23.9.